The quantitative estimate of drug-likeness (QED) is 0.920. The molecule has 4 nitrogen and oxygen atoms in total. The van der Waals surface area contributed by atoms with Crippen molar-refractivity contribution in [2.24, 2.45) is 0 Å². The molecule has 2 heterocycles. The van der Waals surface area contributed by atoms with Crippen molar-refractivity contribution in [1.29, 1.82) is 5.26 Å². The summed E-state index contributed by atoms with van der Waals surface area (Å²) in [6.45, 7) is 5.61. The molecular formula is C14H19ClN4. The SMILES string of the molecule is CCCN1CCC(Nc2nccc(C#N)c2Cl)CC1. The number of anilines is 1. The molecule has 1 aromatic heterocycles. The van der Waals surface area contributed by atoms with Gasteiger partial charge in [0.1, 0.15) is 16.9 Å². The third-order valence-corrected chi connectivity index (χ3v) is 3.86. The maximum atomic E-state index is 8.95. The summed E-state index contributed by atoms with van der Waals surface area (Å²) >= 11 is 6.15. The minimum absolute atomic E-state index is 0.395. The average Bonchev–Trinajstić information content (AvgIpc) is 2.43. The lowest BCUT2D eigenvalue weighted by atomic mass is 10.0. The van der Waals surface area contributed by atoms with E-state index in [2.05, 4.69) is 28.2 Å². The minimum atomic E-state index is 0.395. The first kappa shape index (κ1) is 14.1. The van der Waals surface area contributed by atoms with E-state index < -0.39 is 0 Å². The van der Waals surface area contributed by atoms with Gasteiger partial charge in [0.25, 0.3) is 0 Å². The molecule has 0 bridgehead atoms. The van der Waals surface area contributed by atoms with E-state index in [-0.39, 0.29) is 0 Å². The minimum Gasteiger partial charge on any atom is -0.366 e. The van der Waals surface area contributed by atoms with Crippen LogP contribution in [0.5, 0.6) is 0 Å². The Morgan fingerprint density at radius 1 is 1.53 bits per heavy atom. The van der Waals surface area contributed by atoms with Crippen LogP contribution in [0.2, 0.25) is 5.02 Å². The number of halogens is 1. The predicted octanol–water partition coefficient (Wildman–Crippen LogP) is 2.89. The highest BCUT2D eigenvalue weighted by atomic mass is 35.5. The first-order valence-electron chi connectivity index (χ1n) is 6.78. The van der Waals surface area contributed by atoms with Crippen LogP contribution in [0.1, 0.15) is 31.7 Å². The Kier molecular flexibility index (Phi) is 5.00. The van der Waals surface area contributed by atoms with Crippen LogP contribution in [0, 0.1) is 11.3 Å². The first-order chi connectivity index (χ1) is 9.24. The van der Waals surface area contributed by atoms with E-state index in [9.17, 15) is 0 Å². The second kappa shape index (κ2) is 6.74. The smallest absolute Gasteiger partial charge is 0.146 e. The van der Waals surface area contributed by atoms with Gasteiger partial charge in [-0.25, -0.2) is 4.98 Å². The van der Waals surface area contributed by atoms with Crippen LogP contribution in [0.25, 0.3) is 0 Å². The molecule has 1 saturated heterocycles. The van der Waals surface area contributed by atoms with Crippen LogP contribution in [-0.2, 0) is 0 Å². The van der Waals surface area contributed by atoms with Crippen molar-refractivity contribution in [3.8, 4) is 6.07 Å². The second-order valence-corrected chi connectivity index (χ2v) is 5.27. The van der Waals surface area contributed by atoms with Gasteiger partial charge in [-0.3, -0.25) is 0 Å². The maximum absolute atomic E-state index is 8.95. The van der Waals surface area contributed by atoms with Gasteiger partial charge >= 0.3 is 0 Å². The van der Waals surface area contributed by atoms with Gasteiger partial charge in [0.05, 0.1) is 5.56 Å². The number of nitriles is 1. The monoisotopic (exact) mass is 278 g/mol. The predicted molar refractivity (Wildman–Crippen MR) is 77.3 cm³/mol. The number of pyridine rings is 1. The molecule has 1 aliphatic heterocycles. The zero-order chi connectivity index (χ0) is 13.7. The lowest BCUT2D eigenvalue weighted by molar-refractivity contribution is 0.219. The van der Waals surface area contributed by atoms with Crippen LogP contribution < -0.4 is 5.32 Å². The molecule has 0 amide bonds. The van der Waals surface area contributed by atoms with Gasteiger partial charge in [-0.2, -0.15) is 5.26 Å². The van der Waals surface area contributed by atoms with Crippen molar-refractivity contribution in [2.75, 3.05) is 25.0 Å². The number of piperidine rings is 1. The van der Waals surface area contributed by atoms with E-state index in [1.54, 1.807) is 12.3 Å². The van der Waals surface area contributed by atoms with Gasteiger partial charge in [-0.15, -0.1) is 0 Å². The van der Waals surface area contributed by atoms with E-state index in [0.29, 0.717) is 22.4 Å². The summed E-state index contributed by atoms with van der Waals surface area (Å²) in [4.78, 5) is 6.71. The average molecular weight is 279 g/mol. The van der Waals surface area contributed by atoms with E-state index in [1.807, 2.05) is 0 Å². The molecule has 2 rings (SSSR count). The molecule has 0 aromatic carbocycles. The topological polar surface area (TPSA) is 52.0 Å². The van der Waals surface area contributed by atoms with E-state index in [1.165, 1.54) is 13.0 Å². The van der Waals surface area contributed by atoms with Crippen LogP contribution in [0.3, 0.4) is 0 Å². The molecule has 1 fully saturated rings. The maximum Gasteiger partial charge on any atom is 0.146 e. The van der Waals surface area contributed by atoms with Gasteiger partial charge in [-0.05, 0) is 31.9 Å². The third kappa shape index (κ3) is 3.59. The highest BCUT2D eigenvalue weighted by Gasteiger charge is 2.19. The summed E-state index contributed by atoms with van der Waals surface area (Å²) in [6, 6.07) is 4.11. The van der Waals surface area contributed by atoms with Crippen molar-refractivity contribution in [1.82, 2.24) is 9.88 Å². The Balaban J connectivity index is 1.94. The number of aromatic nitrogens is 1. The fraction of sp³-hybridized carbons (Fsp3) is 0.571. The summed E-state index contributed by atoms with van der Waals surface area (Å²) < 4.78 is 0. The molecule has 0 saturated carbocycles. The van der Waals surface area contributed by atoms with E-state index in [0.717, 1.165) is 25.9 Å². The second-order valence-electron chi connectivity index (χ2n) is 4.89. The summed E-state index contributed by atoms with van der Waals surface area (Å²) in [5, 5.41) is 12.7. The first-order valence-corrected chi connectivity index (χ1v) is 7.16. The van der Waals surface area contributed by atoms with Crippen LogP contribution >= 0.6 is 11.6 Å². The van der Waals surface area contributed by atoms with Gasteiger partial charge in [0.15, 0.2) is 0 Å². The molecule has 0 radical (unpaired) electrons. The lowest BCUT2D eigenvalue weighted by Crippen LogP contribution is -2.39. The fourth-order valence-corrected chi connectivity index (χ4v) is 2.65. The molecule has 0 aliphatic carbocycles. The number of rotatable bonds is 4. The molecule has 0 unspecified atom stereocenters. The Bertz CT molecular complexity index is 461. The molecule has 0 spiro atoms. The van der Waals surface area contributed by atoms with Crippen LogP contribution in [0.15, 0.2) is 12.3 Å². The Morgan fingerprint density at radius 3 is 2.89 bits per heavy atom. The van der Waals surface area contributed by atoms with Crippen molar-refractivity contribution in [3.05, 3.63) is 22.8 Å². The standard InChI is InChI=1S/C14H19ClN4/c1-2-7-19-8-4-12(5-9-19)18-14-13(15)11(10-16)3-6-17-14/h3,6,12H,2,4-5,7-9H2,1H3,(H,17,18). The normalized spacial score (nSPS) is 17.1. The van der Waals surface area contributed by atoms with Gasteiger partial charge in [-0.1, -0.05) is 18.5 Å². The molecule has 0 atom stereocenters. The summed E-state index contributed by atoms with van der Waals surface area (Å²) in [6.07, 6.45) is 5.01. The highest BCUT2D eigenvalue weighted by molar-refractivity contribution is 6.34. The largest absolute Gasteiger partial charge is 0.366 e. The van der Waals surface area contributed by atoms with Crippen molar-refractivity contribution in [3.63, 3.8) is 0 Å². The zero-order valence-electron chi connectivity index (χ0n) is 11.2. The van der Waals surface area contributed by atoms with Crippen LogP contribution in [-0.4, -0.2) is 35.6 Å². The highest BCUT2D eigenvalue weighted by Crippen LogP contribution is 2.25. The van der Waals surface area contributed by atoms with Gasteiger partial charge in [0, 0.05) is 25.3 Å². The van der Waals surface area contributed by atoms with Crippen molar-refractivity contribution < 1.29 is 0 Å². The van der Waals surface area contributed by atoms with Gasteiger partial charge in [0.2, 0.25) is 0 Å². The Morgan fingerprint density at radius 2 is 2.26 bits per heavy atom. The molecule has 1 aliphatic rings. The fourth-order valence-electron chi connectivity index (χ4n) is 2.44. The summed E-state index contributed by atoms with van der Waals surface area (Å²) in [5.41, 5.74) is 0.475. The molecule has 1 aromatic rings. The van der Waals surface area contributed by atoms with Gasteiger partial charge < -0.3 is 10.2 Å². The third-order valence-electron chi connectivity index (χ3n) is 3.48. The van der Waals surface area contributed by atoms with Crippen LogP contribution in [0.4, 0.5) is 5.82 Å². The Labute approximate surface area is 119 Å². The van der Waals surface area contributed by atoms with Crippen molar-refractivity contribution in [2.45, 2.75) is 32.2 Å². The number of nitrogens with zero attached hydrogens (tertiary/aromatic N) is 3. The molecule has 102 valence electrons. The number of hydrogen-bond donors (Lipinski definition) is 1. The summed E-state index contributed by atoms with van der Waals surface area (Å²) in [7, 11) is 0. The number of hydrogen-bond acceptors (Lipinski definition) is 4. The molecule has 19 heavy (non-hydrogen) atoms. The molecular weight excluding hydrogens is 260 g/mol. The summed E-state index contributed by atoms with van der Waals surface area (Å²) in [5.74, 6) is 0.634. The van der Waals surface area contributed by atoms with Crippen molar-refractivity contribution >= 4 is 17.4 Å². The number of likely N-dealkylation sites (tertiary alicyclic amines) is 1. The lowest BCUT2D eigenvalue weighted by Gasteiger charge is -2.32. The van der Waals surface area contributed by atoms with E-state index in [4.69, 9.17) is 16.9 Å². The number of nitrogens with one attached hydrogen (secondary N) is 1. The zero-order valence-corrected chi connectivity index (χ0v) is 12.0. The van der Waals surface area contributed by atoms with E-state index >= 15 is 0 Å². The molecule has 1 N–H and O–H groups in total. The Hall–Kier alpha value is -1.31. The molecule has 5 heteroatoms.